The van der Waals surface area contributed by atoms with E-state index >= 15 is 0 Å². The lowest BCUT2D eigenvalue weighted by atomic mass is 10.1. The summed E-state index contributed by atoms with van der Waals surface area (Å²) in [5, 5.41) is 9.14. The van der Waals surface area contributed by atoms with Crippen LogP contribution in [0.5, 0.6) is 0 Å². The lowest BCUT2D eigenvalue weighted by Crippen LogP contribution is -2.05. The van der Waals surface area contributed by atoms with Gasteiger partial charge in [-0.25, -0.2) is 9.37 Å². The summed E-state index contributed by atoms with van der Waals surface area (Å²) in [7, 11) is 0. The Balaban J connectivity index is 2.75. The van der Waals surface area contributed by atoms with Crippen LogP contribution >= 0.6 is 11.6 Å². The minimum Gasteiger partial charge on any atom is -0.382 e. The summed E-state index contributed by atoms with van der Waals surface area (Å²) in [6.07, 6.45) is 0. The highest BCUT2D eigenvalue weighted by Gasteiger charge is 2.15. The molecule has 4 N–H and O–H groups in total. The number of nitrogens with zero attached hydrogens (tertiary/aromatic N) is 3. The number of nitrogen functional groups attached to an aromatic ring is 2. The molecule has 0 aliphatic heterocycles. The SMILES string of the molecule is N#Cc1c(N)nc(N)nc1-c1ccc(F)cc1Cl. The highest BCUT2D eigenvalue weighted by atomic mass is 35.5. The molecule has 1 aromatic carbocycles. The van der Waals surface area contributed by atoms with E-state index in [0.717, 1.165) is 6.07 Å². The van der Waals surface area contributed by atoms with E-state index in [1.807, 2.05) is 6.07 Å². The average Bonchev–Trinajstić information content (AvgIpc) is 2.28. The largest absolute Gasteiger partial charge is 0.382 e. The lowest BCUT2D eigenvalue weighted by molar-refractivity contribution is 0.628. The normalized spacial score (nSPS) is 10.1. The molecule has 0 bridgehead atoms. The summed E-state index contributed by atoms with van der Waals surface area (Å²) in [4.78, 5) is 7.61. The van der Waals surface area contributed by atoms with Crippen LogP contribution in [0.3, 0.4) is 0 Å². The second kappa shape index (κ2) is 4.47. The van der Waals surface area contributed by atoms with E-state index in [1.165, 1.54) is 12.1 Å². The van der Waals surface area contributed by atoms with Crippen LogP contribution in [0.25, 0.3) is 11.3 Å². The van der Waals surface area contributed by atoms with E-state index < -0.39 is 5.82 Å². The summed E-state index contributed by atoms with van der Waals surface area (Å²) < 4.78 is 13.0. The van der Waals surface area contributed by atoms with Crippen molar-refractivity contribution < 1.29 is 4.39 Å². The number of rotatable bonds is 1. The second-order valence-electron chi connectivity index (χ2n) is 3.43. The molecule has 7 heteroatoms. The van der Waals surface area contributed by atoms with E-state index in [2.05, 4.69) is 9.97 Å². The number of aromatic nitrogens is 2. The first-order chi connectivity index (χ1) is 8.52. The van der Waals surface area contributed by atoms with Gasteiger partial charge in [-0.05, 0) is 18.2 Å². The maximum absolute atomic E-state index is 13.0. The van der Waals surface area contributed by atoms with Crippen molar-refractivity contribution in [1.82, 2.24) is 9.97 Å². The predicted octanol–water partition coefficient (Wildman–Crippen LogP) is 1.97. The molecule has 18 heavy (non-hydrogen) atoms. The molecule has 0 saturated carbocycles. The Morgan fingerprint density at radius 2 is 2.00 bits per heavy atom. The van der Waals surface area contributed by atoms with Gasteiger partial charge in [-0.1, -0.05) is 11.6 Å². The van der Waals surface area contributed by atoms with E-state index in [0.29, 0.717) is 5.56 Å². The van der Waals surface area contributed by atoms with Crippen molar-refractivity contribution in [2.75, 3.05) is 11.5 Å². The third-order valence-electron chi connectivity index (χ3n) is 2.25. The maximum atomic E-state index is 13.0. The number of anilines is 2. The molecule has 0 fully saturated rings. The number of nitrogens with two attached hydrogens (primary N) is 2. The molecule has 5 nitrogen and oxygen atoms in total. The van der Waals surface area contributed by atoms with Crippen LogP contribution in [0.2, 0.25) is 5.02 Å². The smallest absolute Gasteiger partial charge is 0.222 e. The second-order valence-corrected chi connectivity index (χ2v) is 3.83. The Labute approximate surface area is 107 Å². The number of hydrogen-bond donors (Lipinski definition) is 2. The Morgan fingerprint density at radius 3 is 2.61 bits per heavy atom. The van der Waals surface area contributed by atoms with Crippen LogP contribution in [0.4, 0.5) is 16.2 Å². The van der Waals surface area contributed by atoms with E-state index in [4.69, 9.17) is 28.3 Å². The van der Waals surface area contributed by atoms with Gasteiger partial charge in [-0.15, -0.1) is 0 Å². The van der Waals surface area contributed by atoms with Crippen LogP contribution in [-0.2, 0) is 0 Å². The number of benzene rings is 1. The van der Waals surface area contributed by atoms with Gasteiger partial charge >= 0.3 is 0 Å². The fraction of sp³-hybridized carbons (Fsp3) is 0. The van der Waals surface area contributed by atoms with Crippen molar-refractivity contribution in [3.8, 4) is 17.3 Å². The summed E-state index contributed by atoms with van der Waals surface area (Å²) in [5.41, 5.74) is 11.7. The maximum Gasteiger partial charge on any atom is 0.222 e. The van der Waals surface area contributed by atoms with Gasteiger partial charge in [0.05, 0.1) is 10.7 Å². The minimum atomic E-state index is -0.489. The van der Waals surface area contributed by atoms with Crippen molar-refractivity contribution in [2.45, 2.75) is 0 Å². The minimum absolute atomic E-state index is 0.0413. The molecule has 2 aromatic rings. The highest BCUT2D eigenvalue weighted by Crippen LogP contribution is 2.31. The summed E-state index contributed by atoms with van der Waals surface area (Å²) in [6, 6.07) is 5.60. The van der Waals surface area contributed by atoms with Gasteiger partial charge in [0.15, 0.2) is 0 Å². The number of hydrogen-bond acceptors (Lipinski definition) is 5. The van der Waals surface area contributed by atoms with Gasteiger partial charge in [0.2, 0.25) is 5.95 Å². The molecule has 1 aromatic heterocycles. The molecule has 0 spiro atoms. The van der Waals surface area contributed by atoms with Gasteiger partial charge in [0.1, 0.15) is 23.3 Å². The standard InChI is InChI=1S/C11H7ClFN5/c12-8-3-5(13)1-2-6(8)9-7(4-14)10(15)18-11(16)17-9/h1-3H,(H4,15,16,17,18). The van der Waals surface area contributed by atoms with Crippen molar-refractivity contribution in [3.05, 3.63) is 34.6 Å². The quantitative estimate of drug-likeness (QED) is 0.819. The molecule has 0 atom stereocenters. The van der Waals surface area contributed by atoms with Crippen molar-refractivity contribution in [3.63, 3.8) is 0 Å². The molecule has 0 saturated heterocycles. The predicted molar refractivity (Wildman–Crippen MR) is 66.0 cm³/mol. The number of nitriles is 1. The van der Waals surface area contributed by atoms with Gasteiger partial charge in [-0.3, -0.25) is 0 Å². The van der Waals surface area contributed by atoms with E-state index in [1.54, 1.807) is 0 Å². The first-order valence-electron chi connectivity index (χ1n) is 4.81. The zero-order chi connectivity index (χ0) is 13.3. The Bertz CT molecular complexity index is 665. The van der Waals surface area contributed by atoms with Crippen molar-refractivity contribution >= 4 is 23.4 Å². The number of halogens is 2. The Hall–Kier alpha value is -2.39. The molecule has 0 aliphatic rings. The first-order valence-corrected chi connectivity index (χ1v) is 5.19. The molecular formula is C11H7ClFN5. The van der Waals surface area contributed by atoms with Crippen molar-refractivity contribution in [2.24, 2.45) is 0 Å². The zero-order valence-corrected chi connectivity index (χ0v) is 9.74. The molecule has 0 radical (unpaired) electrons. The summed E-state index contributed by atoms with van der Waals surface area (Å²) >= 11 is 5.91. The molecule has 90 valence electrons. The molecule has 0 unspecified atom stereocenters. The topological polar surface area (TPSA) is 102 Å². The summed E-state index contributed by atoms with van der Waals surface area (Å²) in [6.45, 7) is 0. The lowest BCUT2D eigenvalue weighted by Gasteiger charge is -2.08. The van der Waals surface area contributed by atoms with Crippen LogP contribution in [0.1, 0.15) is 5.56 Å². The van der Waals surface area contributed by atoms with Crippen LogP contribution < -0.4 is 11.5 Å². The van der Waals surface area contributed by atoms with Gasteiger partial charge in [0, 0.05) is 5.56 Å². The summed E-state index contributed by atoms with van der Waals surface area (Å²) in [5.74, 6) is -0.612. The van der Waals surface area contributed by atoms with Gasteiger partial charge < -0.3 is 11.5 Å². The average molecular weight is 264 g/mol. The monoisotopic (exact) mass is 263 g/mol. The fourth-order valence-electron chi connectivity index (χ4n) is 1.48. The van der Waals surface area contributed by atoms with E-state index in [9.17, 15) is 4.39 Å². The first kappa shape index (κ1) is 12.1. The van der Waals surface area contributed by atoms with Crippen LogP contribution in [0.15, 0.2) is 18.2 Å². The molecule has 0 aliphatic carbocycles. The third-order valence-corrected chi connectivity index (χ3v) is 2.57. The Kier molecular flexibility index (Phi) is 3.00. The van der Waals surface area contributed by atoms with Crippen LogP contribution in [0, 0.1) is 17.1 Å². The molecule has 1 heterocycles. The molecular weight excluding hydrogens is 257 g/mol. The molecule has 0 amide bonds. The highest BCUT2D eigenvalue weighted by molar-refractivity contribution is 6.33. The zero-order valence-electron chi connectivity index (χ0n) is 8.98. The molecule has 2 rings (SSSR count). The Morgan fingerprint density at radius 1 is 1.28 bits per heavy atom. The third kappa shape index (κ3) is 2.04. The van der Waals surface area contributed by atoms with Gasteiger partial charge in [0.25, 0.3) is 0 Å². The van der Waals surface area contributed by atoms with Crippen molar-refractivity contribution in [1.29, 1.82) is 5.26 Å². The van der Waals surface area contributed by atoms with Crippen LogP contribution in [-0.4, -0.2) is 9.97 Å². The van der Waals surface area contributed by atoms with Gasteiger partial charge in [-0.2, -0.15) is 10.2 Å². The fourth-order valence-corrected chi connectivity index (χ4v) is 1.74. The van der Waals surface area contributed by atoms with E-state index in [-0.39, 0.29) is 28.0 Å².